The van der Waals surface area contributed by atoms with E-state index in [0.29, 0.717) is 23.1 Å². The fourth-order valence-electron chi connectivity index (χ4n) is 1.73. The second-order valence-electron chi connectivity index (χ2n) is 4.79. The van der Waals surface area contributed by atoms with Gasteiger partial charge in [0.15, 0.2) is 0 Å². The van der Waals surface area contributed by atoms with E-state index >= 15 is 0 Å². The molecule has 0 saturated heterocycles. The van der Waals surface area contributed by atoms with Crippen LogP contribution in [0.3, 0.4) is 0 Å². The Balaban J connectivity index is 3.16. The Morgan fingerprint density at radius 1 is 1.39 bits per heavy atom. The van der Waals surface area contributed by atoms with Crippen molar-refractivity contribution in [3.8, 4) is 5.75 Å². The molecule has 0 saturated carbocycles. The van der Waals surface area contributed by atoms with Crippen molar-refractivity contribution in [1.29, 1.82) is 0 Å². The topological polar surface area (TPSA) is 46.5 Å². The molecule has 1 unspecified atom stereocenters. The minimum atomic E-state index is -0.819. The Hall–Kier alpha value is -1.22. The summed E-state index contributed by atoms with van der Waals surface area (Å²) >= 11 is 6.22. The van der Waals surface area contributed by atoms with Crippen molar-refractivity contribution in [3.63, 3.8) is 0 Å². The highest BCUT2D eigenvalue weighted by Crippen LogP contribution is 2.33. The number of halogens is 1. The highest BCUT2D eigenvalue weighted by Gasteiger charge is 2.17. The van der Waals surface area contributed by atoms with Crippen LogP contribution in [0.15, 0.2) is 12.1 Å². The zero-order chi connectivity index (χ0) is 13.9. The van der Waals surface area contributed by atoms with Crippen molar-refractivity contribution in [2.45, 2.75) is 33.1 Å². The van der Waals surface area contributed by atoms with Crippen molar-refractivity contribution in [3.05, 3.63) is 28.3 Å². The van der Waals surface area contributed by atoms with Crippen LogP contribution in [0, 0.1) is 5.92 Å². The standard InChI is InChI=1S/C14H19ClO3/c1-8(2)10-6-11(5-9(3)14(16)17)13(15)12(7-10)18-4/h6-9H,5H2,1-4H3,(H,16,17). The van der Waals surface area contributed by atoms with Gasteiger partial charge in [-0.3, -0.25) is 4.79 Å². The van der Waals surface area contributed by atoms with Gasteiger partial charge in [0.2, 0.25) is 0 Å². The summed E-state index contributed by atoms with van der Waals surface area (Å²) in [5, 5.41) is 9.47. The number of carboxylic acids is 1. The average Bonchev–Trinajstić information content (AvgIpc) is 2.31. The minimum absolute atomic E-state index is 0.343. The summed E-state index contributed by atoms with van der Waals surface area (Å²) in [4.78, 5) is 10.9. The van der Waals surface area contributed by atoms with Gasteiger partial charge in [-0.15, -0.1) is 0 Å². The SMILES string of the molecule is COc1cc(C(C)C)cc(CC(C)C(=O)O)c1Cl. The third-order valence-electron chi connectivity index (χ3n) is 2.97. The van der Waals surface area contributed by atoms with E-state index in [-0.39, 0.29) is 0 Å². The van der Waals surface area contributed by atoms with Gasteiger partial charge < -0.3 is 9.84 Å². The molecule has 0 aliphatic carbocycles. The lowest BCUT2D eigenvalue weighted by atomic mass is 9.95. The van der Waals surface area contributed by atoms with E-state index in [2.05, 4.69) is 13.8 Å². The largest absolute Gasteiger partial charge is 0.495 e. The van der Waals surface area contributed by atoms with Gasteiger partial charge in [-0.05, 0) is 29.5 Å². The Morgan fingerprint density at radius 3 is 2.44 bits per heavy atom. The molecular weight excluding hydrogens is 252 g/mol. The first kappa shape index (κ1) is 14.8. The van der Waals surface area contributed by atoms with Crippen LogP contribution in [0.4, 0.5) is 0 Å². The number of carbonyl (C=O) groups is 1. The fraction of sp³-hybridized carbons (Fsp3) is 0.500. The van der Waals surface area contributed by atoms with Crippen LogP contribution in [-0.2, 0) is 11.2 Å². The lowest BCUT2D eigenvalue weighted by molar-refractivity contribution is -0.141. The second-order valence-corrected chi connectivity index (χ2v) is 5.17. The summed E-state index contributed by atoms with van der Waals surface area (Å²) in [5.41, 5.74) is 1.93. The first-order valence-electron chi connectivity index (χ1n) is 5.95. The third-order valence-corrected chi connectivity index (χ3v) is 3.40. The molecule has 1 aromatic rings. The number of ether oxygens (including phenoxy) is 1. The molecule has 1 atom stereocenters. The van der Waals surface area contributed by atoms with E-state index in [1.54, 1.807) is 14.0 Å². The first-order valence-corrected chi connectivity index (χ1v) is 6.33. The Kier molecular flexibility index (Phi) is 5.03. The summed E-state index contributed by atoms with van der Waals surface area (Å²) < 4.78 is 5.24. The van der Waals surface area contributed by atoms with Gasteiger partial charge in [0.25, 0.3) is 0 Å². The van der Waals surface area contributed by atoms with Gasteiger partial charge in [-0.2, -0.15) is 0 Å². The monoisotopic (exact) mass is 270 g/mol. The molecule has 0 spiro atoms. The van der Waals surface area contributed by atoms with Crippen LogP contribution in [-0.4, -0.2) is 18.2 Å². The molecule has 1 N–H and O–H groups in total. The predicted octanol–water partition coefficient (Wildman–Crippen LogP) is 3.74. The molecule has 0 fully saturated rings. The van der Waals surface area contributed by atoms with Crippen molar-refractivity contribution >= 4 is 17.6 Å². The molecule has 4 heteroatoms. The number of benzene rings is 1. The van der Waals surface area contributed by atoms with E-state index in [4.69, 9.17) is 21.4 Å². The van der Waals surface area contributed by atoms with Crippen LogP contribution < -0.4 is 4.74 Å². The summed E-state index contributed by atoms with van der Waals surface area (Å²) in [5.74, 6) is -0.333. The van der Waals surface area contributed by atoms with Gasteiger partial charge in [0, 0.05) is 0 Å². The molecule has 3 nitrogen and oxygen atoms in total. The summed E-state index contributed by atoms with van der Waals surface area (Å²) in [6.07, 6.45) is 0.408. The molecule has 0 bridgehead atoms. The highest BCUT2D eigenvalue weighted by molar-refractivity contribution is 6.32. The van der Waals surface area contributed by atoms with Crippen molar-refractivity contribution in [1.82, 2.24) is 0 Å². The zero-order valence-corrected chi connectivity index (χ0v) is 11.9. The lowest BCUT2D eigenvalue weighted by Gasteiger charge is -2.15. The molecule has 0 aromatic heterocycles. The van der Waals surface area contributed by atoms with Gasteiger partial charge in [0.1, 0.15) is 5.75 Å². The van der Waals surface area contributed by atoms with Crippen LogP contribution in [0.2, 0.25) is 5.02 Å². The van der Waals surface area contributed by atoms with Crippen LogP contribution in [0.25, 0.3) is 0 Å². The predicted molar refractivity (Wildman–Crippen MR) is 72.6 cm³/mol. The second kappa shape index (κ2) is 6.10. The van der Waals surface area contributed by atoms with Gasteiger partial charge >= 0.3 is 5.97 Å². The van der Waals surface area contributed by atoms with Gasteiger partial charge in [0.05, 0.1) is 18.1 Å². The number of rotatable bonds is 5. The molecule has 100 valence electrons. The third kappa shape index (κ3) is 3.39. The van der Waals surface area contributed by atoms with Crippen LogP contribution in [0.1, 0.15) is 37.8 Å². The highest BCUT2D eigenvalue weighted by atomic mass is 35.5. The number of aliphatic carboxylic acids is 1. The molecule has 1 aromatic carbocycles. The maximum absolute atomic E-state index is 10.9. The van der Waals surface area contributed by atoms with Gasteiger partial charge in [-0.1, -0.05) is 38.4 Å². The Labute approximate surface area is 113 Å². The number of hydrogen-bond donors (Lipinski definition) is 1. The van der Waals surface area contributed by atoms with Gasteiger partial charge in [-0.25, -0.2) is 0 Å². The van der Waals surface area contributed by atoms with E-state index < -0.39 is 11.9 Å². The molecule has 0 radical (unpaired) electrons. The molecule has 0 aliphatic rings. The molecule has 18 heavy (non-hydrogen) atoms. The van der Waals surface area contributed by atoms with Crippen molar-refractivity contribution in [2.75, 3.05) is 7.11 Å². The quantitative estimate of drug-likeness (QED) is 0.887. The average molecular weight is 271 g/mol. The van der Waals surface area contributed by atoms with Crippen molar-refractivity contribution < 1.29 is 14.6 Å². The normalized spacial score (nSPS) is 12.6. The minimum Gasteiger partial charge on any atom is -0.495 e. The van der Waals surface area contributed by atoms with Crippen LogP contribution in [0.5, 0.6) is 5.75 Å². The van der Waals surface area contributed by atoms with E-state index in [1.807, 2.05) is 12.1 Å². The van der Waals surface area contributed by atoms with Crippen molar-refractivity contribution in [2.24, 2.45) is 5.92 Å². The maximum Gasteiger partial charge on any atom is 0.306 e. The molecule has 1 rings (SSSR count). The van der Waals surface area contributed by atoms with E-state index in [1.165, 1.54) is 0 Å². The molecule has 0 heterocycles. The first-order chi connectivity index (χ1) is 8.36. The smallest absolute Gasteiger partial charge is 0.306 e. The summed E-state index contributed by atoms with van der Waals surface area (Å²) in [6, 6.07) is 3.87. The Morgan fingerprint density at radius 2 is 2.00 bits per heavy atom. The number of hydrogen-bond acceptors (Lipinski definition) is 2. The zero-order valence-electron chi connectivity index (χ0n) is 11.2. The summed E-state index contributed by atoms with van der Waals surface area (Å²) in [6.45, 7) is 5.83. The molecule has 0 aliphatic heterocycles. The number of carboxylic acid groups (broad SMARTS) is 1. The molecule has 0 amide bonds. The molecular formula is C14H19ClO3. The maximum atomic E-state index is 10.9. The van der Waals surface area contributed by atoms with E-state index in [9.17, 15) is 4.79 Å². The van der Waals surface area contributed by atoms with E-state index in [0.717, 1.165) is 11.1 Å². The Bertz CT molecular complexity index is 441. The summed E-state index contributed by atoms with van der Waals surface area (Å²) in [7, 11) is 1.57. The fourth-order valence-corrected chi connectivity index (χ4v) is 1.99. The lowest BCUT2D eigenvalue weighted by Crippen LogP contribution is -2.13. The number of methoxy groups -OCH3 is 1. The van der Waals surface area contributed by atoms with Crippen LogP contribution >= 0.6 is 11.6 Å².